The third kappa shape index (κ3) is 6.18. The SMILES string of the molecule is Fc1cccc(F)c1N1c2cc3c(cc2B2c4ccccc4N(c4ccccc4)c4cc(-n5c6ccccc6c6ccccc65)cc1c42)B1c2ccccc2N(c2ccccc2)c2cc(-n4c5ccccc5c5ccccc54)cc(c21)O3. The summed E-state index contributed by atoms with van der Waals surface area (Å²) in [7, 11) is 0. The third-order valence-electron chi connectivity index (χ3n) is 17.6. The van der Waals surface area contributed by atoms with Crippen LogP contribution in [0.25, 0.3) is 55.0 Å². The van der Waals surface area contributed by atoms with E-state index in [1.807, 2.05) is 11.0 Å². The summed E-state index contributed by atoms with van der Waals surface area (Å²) >= 11 is 0. The third-order valence-corrected chi connectivity index (χ3v) is 17.6. The van der Waals surface area contributed by atoms with Crippen LogP contribution in [-0.4, -0.2) is 22.6 Å². The fraction of sp³-hybridized carbons (Fsp3) is 0. The number of rotatable bonds is 5. The predicted molar refractivity (Wildman–Crippen MR) is 335 cm³/mol. The Balaban J connectivity index is 0.950. The molecule has 0 bridgehead atoms. The number of nitrogens with zero attached hydrogens (tertiary/aromatic N) is 5. The summed E-state index contributed by atoms with van der Waals surface area (Å²) in [5.41, 5.74) is 19.2. The quantitative estimate of drug-likeness (QED) is 0.161. The lowest BCUT2D eigenvalue weighted by Crippen LogP contribution is -2.64. The average molecular weight is 1050 g/mol. The fourth-order valence-electron chi connectivity index (χ4n) is 14.4. The second kappa shape index (κ2) is 17.0. The standard InChI is InChI=1S/C72H43B2F2N5O/c75-56-30-19-31-57(76)72(56)81-64-43-68-55(74-53-29-12-18-37-63(53)78(45-22-5-2-6-23-45)67-40-47(41-69(82-68)71(67)74)80-60-34-15-9-26-50(60)51-27-10-16-35-61(51)80)42-54(64)73-52-28-11-17-36-62(52)77(44-20-3-1-4-21-44)65-38-46(39-66(81)70(65)73)79-58-32-13-7-24-48(58)49-25-8-14-33-59(49)79/h1-43H. The van der Waals surface area contributed by atoms with E-state index in [-0.39, 0.29) is 19.1 Å². The molecule has 382 valence electrons. The molecule has 4 aliphatic heterocycles. The Bertz CT molecular complexity index is 4930. The molecule has 10 heteroatoms. The van der Waals surface area contributed by atoms with Crippen LogP contribution in [0.3, 0.4) is 0 Å². The van der Waals surface area contributed by atoms with Gasteiger partial charge in [-0.15, -0.1) is 0 Å². The smallest absolute Gasteiger partial charge is 0.256 e. The van der Waals surface area contributed by atoms with Crippen LogP contribution < -0.4 is 52.2 Å². The topological polar surface area (TPSA) is 28.8 Å². The van der Waals surface area contributed by atoms with Crippen molar-refractivity contribution in [3.05, 3.63) is 272 Å². The Labute approximate surface area is 471 Å². The molecule has 18 rings (SSSR count). The summed E-state index contributed by atoms with van der Waals surface area (Å²) in [5, 5.41) is 4.54. The van der Waals surface area contributed by atoms with Crippen LogP contribution in [0.15, 0.2) is 261 Å². The number of para-hydroxylation sites is 9. The van der Waals surface area contributed by atoms with Crippen molar-refractivity contribution in [1.29, 1.82) is 0 Å². The van der Waals surface area contributed by atoms with Crippen molar-refractivity contribution in [2.45, 2.75) is 0 Å². The van der Waals surface area contributed by atoms with Crippen molar-refractivity contribution in [1.82, 2.24) is 9.13 Å². The molecule has 0 aliphatic carbocycles. The minimum atomic E-state index is -0.678. The van der Waals surface area contributed by atoms with E-state index < -0.39 is 11.6 Å². The number of anilines is 9. The Morgan fingerprint density at radius 1 is 0.280 bits per heavy atom. The first-order chi connectivity index (χ1) is 40.6. The summed E-state index contributed by atoms with van der Waals surface area (Å²) in [5.74, 6) is -0.0329. The van der Waals surface area contributed by atoms with Crippen molar-refractivity contribution in [2.24, 2.45) is 0 Å². The largest absolute Gasteiger partial charge is 0.458 e. The van der Waals surface area contributed by atoms with Crippen molar-refractivity contribution in [3.63, 3.8) is 0 Å². The molecule has 6 heterocycles. The van der Waals surface area contributed by atoms with Gasteiger partial charge in [-0.3, -0.25) is 0 Å². The van der Waals surface area contributed by atoms with Crippen molar-refractivity contribution >= 4 is 141 Å². The molecule has 0 atom stereocenters. The lowest BCUT2D eigenvalue weighted by atomic mass is 9.30. The lowest BCUT2D eigenvalue weighted by molar-refractivity contribution is 0.487. The Hall–Kier alpha value is -10.6. The van der Waals surface area contributed by atoms with Crippen molar-refractivity contribution in [2.75, 3.05) is 14.7 Å². The highest BCUT2D eigenvalue weighted by molar-refractivity contribution is 7.02. The average Bonchev–Trinajstić information content (AvgIpc) is 2.96. The molecule has 6 nitrogen and oxygen atoms in total. The van der Waals surface area contributed by atoms with E-state index in [0.717, 1.165) is 122 Å². The highest BCUT2D eigenvalue weighted by Crippen LogP contribution is 2.50. The molecule has 0 amide bonds. The number of aromatic nitrogens is 2. The summed E-state index contributed by atoms with van der Waals surface area (Å²) < 4.78 is 47.0. The van der Waals surface area contributed by atoms with Gasteiger partial charge in [0.1, 0.15) is 28.8 Å². The van der Waals surface area contributed by atoms with Gasteiger partial charge in [-0.1, -0.05) is 158 Å². The second-order valence-corrected chi connectivity index (χ2v) is 21.8. The number of benzene rings is 12. The molecule has 0 saturated heterocycles. The molecule has 82 heavy (non-hydrogen) atoms. The first-order valence-electron chi connectivity index (χ1n) is 27.9. The van der Waals surface area contributed by atoms with Crippen LogP contribution in [-0.2, 0) is 0 Å². The normalized spacial score (nSPS) is 13.5. The zero-order valence-electron chi connectivity index (χ0n) is 43.9. The summed E-state index contributed by atoms with van der Waals surface area (Å²) in [6, 6.07) is 89.9. The fourth-order valence-corrected chi connectivity index (χ4v) is 14.4. The molecule has 0 radical (unpaired) electrons. The highest BCUT2D eigenvalue weighted by atomic mass is 19.1. The Morgan fingerprint density at radius 3 is 1.21 bits per heavy atom. The maximum atomic E-state index is 17.4. The Kier molecular flexibility index (Phi) is 9.38. The summed E-state index contributed by atoms with van der Waals surface area (Å²) in [6.07, 6.45) is 0. The number of hydrogen-bond acceptors (Lipinski definition) is 4. The zero-order valence-corrected chi connectivity index (χ0v) is 43.9. The van der Waals surface area contributed by atoms with Crippen LogP contribution in [0.4, 0.5) is 60.0 Å². The number of fused-ring (bicyclic) bond motifs is 14. The Morgan fingerprint density at radius 2 is 0.695 bits per heavy atom. The van der Waals surface area contributed by atoms with E-state index in [2.05, 4.69) is 256 Å². The minimum absolute atomic E-state index is 0.164. The molecule has 0 fully saturated rings. The van der Waals surface area contributed by atoms with E-state index in [9.17, 15) is 0 Å². The number of halogens is 2. The summed E-state index contributed by atoms with van der Waals surface area (Å²) in [6.45, 7) is -0.669. The van der Waals surface area contributed by atoms with Crippen molar-refractivity contribution in [3.8, 4) is 22.9 Å². The van der Waals surface area contributed by atoms with Gasteiger partial charge in [-0.05, 0) is 124 Å². The monoisotopic (exact) mass is 1050 g/mol. The van der Waals surface area contributed by atoms with Crippen LogP contribution in [0, 0.1) is 11.6 Å². The molecule has 0 spiro atoms. The van der Waals surface area contributed by atoms with Gasteiger partial charge < -0.3 is 28.6 Å². The number of hydrogen-bond donors (Lipinski definition) is 0. The maximum absolute atomic E-state index is 17.4. The molecule has 2 aromatic heterocycles. The van der Waals surface area contributed by atoms with Gasteiger partial charge in [-0.2, -0.15) is 0 Å². The predicted octanol–water partition coefficient (Wildman–Crippen LogP) is 14.6. The minimum Gasteiger partial charge on any atom is -0.458 e. The van der Waals surface area contributed by atoms with Gasteiger partial charge in [0.25, 0.3) is 13.4 Å². The van der Waals surface area contributed by atoms with Crippen molar-refractivity contribution < 1.29 is 13.5 Å². The van der Waals surface area contributed by atoms with Gasteiger partial charge in [0.2, 0.25) is 0 Å². The molecule has 0 unspecified atom stereocenters. The molecule has 0 N–H and O–H groups in total. The number of ether oxygens (including phenoxy) is 1. The second-order valence-electron chi connectivity index (χ2n) is 21.8. The molecule has 12 aromatic carbocycles. The highest BCUT2D eigenvalue weighted by Gasteiger charge is 2.48. The van der Waals surface area contributed by atoms with Gasteiger partial charge in [0.05, 0.1) is 33.4 Å². The first-order valence-corrected chi connectivity index (χ1v) is 27.9. The molecular formula is C72H43B2F2N5O. The first kappa shape index (κ1) is 45.3. The van der Waals surface area contributed by atoms with E-state index in [4.69, 9.17) is 4.74 Å². The molecular weight excluding hydrogens is 1010 g/mol. The van der Waals surface area contributed by atoms with E-state index >= 15 is 8.78 Å². The van der Waals surface area contributed by atoms with Gasteiger partial charge in [-0.25, -0.2) is 8.78 Å². The zero-order chi connectivity index (χ0) is 53.9. The van der Waals surface area contributed by atoms with E-state index in [1.54, 1.807) is 0 Å². The lowest BCUT2D eigenvalue weighted by Gasteiger charge is -2.45. The molecule has 0 saturated carbocycles. The van der Waals surface area contributed by atoms with Gasteiger partial charge in [0, 0.05) is 79.2 Å². The van der Waals surface area contributed by atoms with Gasteiger partial charge in [0.15, 0.2) is 0 Å². The van der Waals surface area contributed by atoms with Crippen LogP contribution in [0.5, 0.6) is 11.5 Å². The molecule has 4 aliphatic rings. The van der Waals surface area contributed by atoms with E-state index in [0.29, 0.717) is 22.9 Å². The van der Waals surface area contributed by atoms with E-state index in [1.165, 1.54) is 18.2 Å². The molecule has 14 aromatic rings. The van der Waals surface area contributed by atoms with Gasteiger partial charge >= 0.3 is 0 Å². The van der Waals surface area contributed by atoms with Crippen LogP contribution in [0.1, 0.15) is 0 Å². The maximum Gasteiger partial charge on any atom is 0.256 e. The van der Waals surface area contributed by atoms with Crippen LogP contribution in [0.2, 0.25) is 0 Å². The summed E-state index contributed by atoms with van der Waals surface area (Å²) in [4.78, 5) is 6.55. The van der Waals surface area contributed by atoms with Crippen LogP contribution >= 0.6 is 0 Å².